The molecule has 0 spiro atoms. The first kappa shape index (κ1) is 17.1. The van der Waals surface area contributed by atoms with E-state index < -0.39 is 0 Å². The lowest BCUT2D eigenvalue weighted by Gasteiger charge is -2.37. The number of ether oxygens (including phenoxy) is 1. The number of hydrogen-bond acceptors (Lipinski definition) is 4. The van der Waals surface area contributed by atoms with Gasteiger partial charge in [-0.3, -0.25) is 4.79 Å². The molecule has 1 fully saturated rings. The molecule has 1 aliphatic carbocycles. The minimum absolute atomic E-state index is 0.0927. The lowest BCUT2D eigenvalue weighted by molar-refractivity contribution is -0.120. The topological polar surface area (TPSA) is 41.6 Å². The summed E-state index contributed by atoms with van der Waals surface area (Å²) in [4.78, 5) is 15.4. The van der Waals surface area contributed by atoms with Crippen LogP contribution in [0.2, 0.25) is 0 Å². The second-order valence-electron chi connectivity index (χ2n) is 7.22. The molecule has 2 aromatic carbocycles. The zero-order valence-corrected chi connectivity index (χ0v) is 15.3. The Bertz CT molecular complexity index is 772. The largest absolute Gasteiger partial charge is 0.497 e. The maximum absolute atomic E-state index is 13.2. The molecule has 4 rings (SSSR count). The van der Waals surface area contributed by atoms with Crippen LogP contribution in [-0.4, -0.2) is 38.6 Å². The second-order valence-corrected chi connectivity index (χ2v) is 7.22. The molecule has 0 amide bonds. The Morgan fingerprint density at radius 3 is 2.81 bits per heavy atom. The van der Waals surface area contributed by atoms with E-state index >= 15 is 0 Å². The van der Waals surface area contributed by atoms with Gasteiger partial charge in [0, 0.05) is 31.7 Å². The van der Waals surface area contributed by atoms with E-state index in [1.807, 2.05) is 12.1 Å². The van der Waals surface area contributed by atoms with Crippen LogP contribution < -0.4 is 15.0 Å². The minimum Gasteiger partial charge on any atom is -0.497 e. The van der Waals surface area contributed by atoms with Crippen LogP contribution in [0.5, 0.6) is 5.75 Å². The number of anilines is 1. The SMILES string of the molecule is COc1ccc(N2CCNCC2C(=O)CC2CCc3ccccc32)cc1. The van der Waals surface area contributed by atoms with Crippen molar-refractivity contribution in [1.82, 2.24) is 5.32 Å². The van der Waals surface area contributed by atoms with Crippen molar-refractivity contribution in [3.8, 4) is 5.75 Å². The van der Waals surface area contributed by atoms with Gasteiger partial charge in [0.1, 0.15) is 11.8 Å². The maximum Gasteiger partial charge on any atom is 0.157 e. The Morgan fingerprint density at radius 1 is 1.19 bits per heavy atom. The summed E-state index contributed by atoms with van der Waals surface area (Å²) >= 11 is 0. The number of ketones is 1. The van der Waals surface area contributed by atoms with Gasteiger partial charge in [-0.2, -0.15) is 0 Å². The lowest BCUT2D eigenvalue weighted by Crippen LogP contribution is -2.55. The van der Waals surface area contributed by atoms with Gasteiger partial charge in [0.15, 0.2) is 5.78 Å². The average Bonchev–Trinajstić information content (AvgIpc) is 3.11. The Balaban J connectivity index is 1.50. The van der Waals surface area contributed by atoms with Gasteiger partial charge < -0.3 is 15.0 Å². The van der Waals surface area contributed by atoms with Gasteiger partial charge in [-0.1, -0.05) is 24.3 Å². The van der Waals surface area contributed by atoms with Crippen LogP contribution in [-0.2, 0) is 11.2 Å². The number of benzene rings is 2. The second kappa shape index (κ2) is 7.50. The highest BCUT2D eigenvalue weighted by molar-refractivity contribution is 5.88. The fourth-order valence-electron chi connectivity index (χ4n) is 4.31. The molecule has 1 N–H and O–H groups in total. The van der Waals surface area contributed by atoms with Gasteiger partial charge in [-0.05, 0) is 54.2 Å². The molecule has 136 valence electrons. The first-order chi connectivity index (χ1) is 12.8. The molecular weight excluding hydrogens is 324 g/mol. The summed E-state index contributed by atoms with van der Waals surface area (Å²) in [7, 11) is 1.67. The Labute approximate surface area is 155 Å². The van der Waals surface area contributed by atoms with E-state index in [4.69, 9.17) is 4.74 Å². The third kappa shape index (κ3) is 3.34. The zero-order valence-electron chi connectivity index (χ0n) is 15.3. The van der Waals surface area contributed by atoms with Crippen molar-refractivity contribution in [3.05, 3.63) is 59.7 Å². The van der Waals surface area contributed by atoms with E-state index in [0.717, 1.165) is 43.9 Å². The van der Waals surface area contributed by atoms with Gasteiger partial charge in [-0.25, -0.2) is 0 Å². The number of nitrogens with zero attached hydrogens (tertiary/aromatic N) is 1. The van der Waals surface area contributed by atoms with E-state index in [0.29, 0.717) is 18.1 Å². The highest BCUT2D eigenvalue weighted by atomic mass is 16.5. The zero-order chi connectivity index (χ0) is 17.9. The number of fused-ring (bicyclic) bond motifs is 1. The Hall–Kier alpha value is -2.33. The smallest absolute Gasteiger partial charge is 0.157 e. The number of nitrogens with one attached hydrogen (secondary N) is 1. The maximum atomic E-state index is 13.2. The number of carbonyl (C=O) groups is 1. The van der Waals surface area contributed by atoms with E-state index in [-0.39, 0.29) is 6.04 Å². The summed E-state index contributed by atoms with van der Waals surface area (Å²) in [5, 5.41) is 3.39. The fourth-order valence-corrected chi connectivity index (χ4v) is 4.31. The molecule has 0 radical (unpaired) electrons. The normalized spacial score (nSPS) is 22.1. The van der Waals surface area contributed by atoms with Gasteiger partial charge >= 0.3 is 0 Å². The number of piperazine rings is 1. The predicted molar refractivity (Wildman–Crippen MR) is 104 cm³/mol. The third-order valence-electron chi connectivity index (χ3n) is 5.72. The van der Waals surface area contributed by atoms with Gasteiger partial charge in [-0.15, -0.1) is 0 Å². The van der Waals surface area contributed by atoms with Crippen molar-refractivity contribution in [1.29, 1.82) is 0 Å². The van der Waals surface area contributed by atoms with Crippen LogP contribution >= 0.6 is 0 Å². The Kier molecular flexibility index (Phi) is 4.93. The van der Waals surface area contributed by atoms with Crippen LogP contribution in [0.1, 0.15) is 29.9 Å². The number of aryl methyl sites for hydroxylation is 1. The fraction of sp³-hybridized carbons (Fsp3) is 0.409. The van der Waals surface area contributed by atoms with E-state index in [9.17, 15) is 4.79 Å². The summed E-state index contributed by atoms with van der Waals surface area (Å²) in [6.45, 7) is 2.48. The van der Waals surface area contributed by atoms with Crippen LogP contribution in [0.4, 0.5) is 5.69 Å². The highest BCUT2D eigenvalue weighted by Gasteiger charge is 2.32. The summed E-state index contributed by atoms with van der Waals surface area (Å²) in [6, 6.07) is 16.5. The standard InChI is InChI=1S/C22H26N2O2/c1-26-19-10-8-18(9-11-19)24-13-12-23-15-21(24)22(25)14-17-7-6-16-4-2-3-5-20(16)17/h2-5,8-11,17,21,23H,6-7,12-15H2,1H3. The molecule has 0 bridgehead atoms. The molecule has 0 saturated carbocycles. The average molecular weight is 350 g/mol. The number of hydrogen-bond donors (Lipinski definition) is 1. The van der Waals surface area contributed by atoms with Gasteiger partial charge in [0.05, 0.1) is 7.11 Å². The van der Waals surface area contributed by atoms with Gasteiger partial charge in [0.2, 0.25) is 0 Å². The molecule has 1 heterocycles. The van der Waals surface area contributed by atoms with Crippen molar-refractivity contribution >= 4 is 11.5 Å². The summed E-state index contributed by atoms with van der Waals surface area (Å²) in [5.74, 6) is 1.56. The van der Waals surface area contributed by atoms with Gasteiger partial charge in [0.25, 0.3) is 0 Å². The third-order valence-corrected chi connectivity index (χ3v) is 5.72. The quantitative estimate of drug-likeness (QED) is 0.899. The molecule has 1 aliphatic heterocycles. The molecular formula is C22H26N2O2. The molecule has 26 heavy (non-hydrogen) atoms. The molecule has 2 unspecified atom stereocenters. The number of methoxy groups -OCH3 is 1. The minimum atomic E-state index is -0.0927. The summed E-state index contributed by atoms with van der Waals surface area (Å²) in [5.41, 5.74) is 3.89. The van der Waals surface area contributed by atoms with Crippen LogP contribution in [0.15, 0.2) is 48.5 Å². The molecule has 1 saturated heterocycles. The molecule has 2 atom stereocenters. The van der Waals surface area contributed by atoms with E-state index in [1.54, 1.807) is 7.11 Å². The predicted octanol–water partition coefficient (Wildman–Crippen LogP) is 3.16. The molecule has 2 aromatic rings. The molecule has 4 nitrogen and oxygen atoms in total. The first-order valence-corrected chi connectivity index (χ1v) is 9.48. The molecule has 2 aliphatic rings. The number of rotatable bonds is 5. The first-order valence-electron chi connectivity index (χ1n) is 9.48. The Morgan fingerprint density at radius 2 is 2.00 bits per heavy atom. The van der Waals surface area contributed by atoms with Crippen molar-refractivity contribution in [2.24, 2.45) is 0 Å². The number of Topliss-reactive ketones (excluding diaryl/α,β-unsaturated/α-hetero) is 1. The monoisotopic (exact) mass is 350 g/mol. The highest BCUT2D eigenvalue weighted by Crippen LogP contribution is 2.36. The van der Waals surface area contributed by atoms with Crippen molar-refractivity contribution in [2.45, 2.75) is 31.2 Å². The van der Waals surface area contributed by atoms with Crippen molar-refractivity contribution in [3.63, 3.8) is 0 Å². The molecule has 0 aromatic heterocycles. The van der Waals surface area contributed by atoms with Crippen molar-refractivity contribution in [2.75, 3.05) is 31.6 Å². The molecule has 4 heteroatoms. The lowest BCUT2D eigenvalue weighted by atomic mass is 9.92. The van der Waals surface area contributed by atoms with Crippen LogP contribution in [0, 0.1) is 0 Å². The van der Waals surface area contributed by atoms with E-state index in [2.05, 4.69) is 46.6 Å². The number of carbonyl (C=O) groups excluding carboxylic acids is 1. The van der Waals surface area contributed by atoms with E-state index in [1.165, 1.54) is 11.1 Å². The van der Waals surface area contributed by atoms with Crippen molar-refractivity contribution < 1.29 is 9.53 Å². The summed E-state index contributed by atoms with van der Waals surface area (Å²) in [6.07, 6.45) is 2.82. The summed E-state index contributed by atoms with van der Waals surface area (Å²) < 4.78 is 5.25. The van der Waals surface area contributed by atoms with Crippen LogP contribution in [0.3, 0.4) is 0 Å². The van der Waals surface area contributed by atoms with Crippen LogP contribution in [0.25, 0.3) is 0 Å².